The normalized spacial score (nSPS) is 19.7. The summed E-state index contributed by atoms with van der Waals surface area (Å²) < 4.78 is 0. The van der Waals surface area contributed by atoms with E-state index < -0.39 is 6.04 Å². The SMILES string of the molecule is Cc1ccc(CN2C(=O)CNC(=O)C2C(C)(C)C)cc1C. The highest BCUT2D eigenvalue weighted by Gasteiger charge is 2.41. The minimum absolute atomic E-state index is 0.0206. The summed E-state index contributed by atoms with van der Waals surface area (Å²) >= 11 is 0. The molecule has 0 radical (unpaired) electrons. The van der Waals surface area contributed by atoms with Crippen molar-refractivity contribution in [1.29, 1.82) is 0 Å². The minimum atomic E-state index is -0.430. The molecule has 0 bridgehead atoms. The van der Waals surface area contributed by atoms with Gasteiger partial charge in [0.1, 0.15) is 6.04 Å². The molecule has 2 amide bonds. The highest BCUT2D eigenvalue weighted by atomic mass is 16.2. The fourth-order valence-electron chi connectivity index (χ4n) is 2.79. The molecular weight excluding hydrogens is 264 g/mol. The van der Waals surface area contributed by atoms with Crippen molar-refractivity contribution in [2.75, 3.05) is 6.54 Å². The third-order valence-electron chi connectivity index (χ3n) is 4.04. The Labute approximate surface area is 126 Å². The van der Waals surface area contributed by atoms with Crippen LogP contribution in [0.5, 0.6) is 0 Å². The number of carbonyl (C=O) groups is 2. The number of piperazine rings is 1. The van der Waals surface area contributed by atoms with Crippen molar-refractivity contribution >= 4 is 11.8 Å². The van der Waals surface area contributed by atoms with E-state index in [0.29, 0.717) is 6.54 Å². The van der Waals surface area contributed by atoms with Crippen LogP contribution in [0.1, 0.15) is 37.5 Å². The standard InChI is InChI=1S/C17H24N2O2/c1-11-6-7-13(8-12(11)2)10-19-14(20)9-18-16(21)15(19)17(3,4)5/h6-8,15H,9-10H2,1-5H3,(H,18,21). The highest BCUT2D eigenvalue weighted by molar-refractivity contribution is 5.95. The maximum atomic E-state index is 12.3. The number of nitrogens with zero attached hydrogens (tertiary/aromatic N) is 1. The van der Waals surface area contributed by atoms with E-state index in [1.807, 2.05) is 26.8 Å². The number of benzene rings is 1. The molecule has 0 saturated carbocycles. The lowest BCUT2D eigenvalue weighted by molar-refractivity contribution is -0.150. The maximum absolute atomic E-state index is 12.3. The van der Waals surface area contributed by atoms with Gasteiger partial charge in [-0.2, -0.15) is 0 Å². The van der Waals surface area contributed by atoms with E-state index in [2.05, 4.69) is 31.3 Å². The summed E-state index contributed by atoms with van der Waals surface area (Å²) in [6.45, 7) is 10.7. The molecule has 21 heavy (non-hydrogen) atoms. The minimum Gasteiger partial charge on any atom is -0.345 e. The third kappa shape index (κ3) is 3.26. The molecule has 0 aliphatic carbocycles. The Bertz CT molecular complexity index is 573. The molecule has 1 aromatic carbocycles. The Morgan fingerprint density at radius 3 is 2.43 bits per heavy atom. The monoisotopic (exact) mass is 288 g/mol. The first-order valence-electron chi connectivity index (χ1n) is 7.33. The number of hydrogen-bond acceptors (Lipinski definition) is 2. The lowest BCUT2D eigenvalue weighted by atomic mass is 9.83. The number of amides is 2. The third-order valence-corrected chi connectivity index (χ3v) is 4.04. The van der Waals surface area contributed by atoms with Crippen LogP contribution >= 0.6 is 0 Å². The molecule has 2 rings (SSSR count). The van der Waals surface area contributed by atoms with Gasteiger partial charge < -0.3 is 10.2 Å². The number of aryl methyl sites for hydroxylation is 2. The second kappa shape index (κ2) is 5.51. The molecule has 1 aromatic rings. The van der Waals surface area contributed by atoms with Gasteiger partial charge in [0.25, 0.3) is 0 Å². The molecule has 0 spiro atoms. The van der Waals surface area contributed by atoms with Crippen LogP contribution in [0.4, 0.5) is 0 Å². The Hall–Kier alpha value is -1.84. The van der Waals surface area contributed by atoms with Crippen molar-refractivity contribution in [2.24, 2.45) is 5.41 Å². The number of rotatable bonds is 2. The fourth-order valence-corrected chi connectivity index (χ4v) is 2.79. The van der Waals surface area contributed by atoms with Crippen LogP contribution in [0.2, 0.25) is 0 Å². The summed E-state index contributed by atoms with van der Waals surface area (Å²) in [7, 11) is 0. The van der Waals surface area contributed by atoms with Crippen molar-refractivity contribution in [3.8, 4) is 0 Å². The van der Waals surface area contributed by atoms with Crippen molar-refractivity contribution < 1.29 is 9.59 Å². The molecule has 1 atom stereocenters. The first kappa shape index (κ1) is 15.5. The zero-order valence-corrected chi connectivity index (χ0v) is 13.5. The molecule has 1 N–H and O–H groups in total. The zero-order valence-electron chi connectivity index (χ0n) is 13.5. The molecule has 1 aliphatic rings. The predicted octanol–water partition coefficient (Wildman–Crippen LogP) is 2.18. The predicted molar refractivity (Wildman–Crippen MR) is 82.7 cm³/mol. The molecule has 1 unspecified atom stereocenters. The van der Waals surface area contributed by atoms with Gasteiger partial charge in [-0.15, -0.1) is 0 Å². The summed E-state index contributed by atoms with van der Waals surface area (Å²) in [5.74, 6) is -0.0845. The van der Waals surface area contributed by atoms with Crippen molar-refractivity contribution in [1.82, 2.24) is 10.2 Å². The summed E-state index contributed by atoms with van der Waals surface area (Å²) in [6.07, 6.45) is 0. The van der Waals surface area contributed by atoms with Gasteiger partial charge in [0.05, 0.1) is 6.54 Å². The number of nitrogens with one attached hydrogen (secondary N) is 1. The van der Waals surface area contributed by atoms with Gasteiger partial charge in [-0.05, 0) is 36.0 Å². The van der Waals surface area contributed by atoms with Gasteiger partial charge in [0.15, 0.2) is 0 Å². The van der Waals surface area contributed by atoms with Gasteiger partial charge in [-0.1, -0.05) is 39.0 Å². The average molecular weight is 288 g/mol. The van der Waals surface area contributed by atoms with Crippen LogP contribution in [0.3, 0.4) is 0 Å². The van der Waals surface area contributed by atoms with Crippen LogP contribution in [0.25, 0.3) is 0 Å². The first-order chi connectivity index (χ1) is 9.70. The van der Waals surface area contributed by atoms with Crippen LogP contribution in [0.15, 0.2) is 18.2 Å². The van der Waals surface area contributed by atoms with E-state index in [4.69, 9.17) is 0 Å². The van der Waals surface area contributed by atoms with Gasteiger partial charge >= 0.3 is 0 Å². The molecule has 1 aliphatic heterocycles. The number of carbonyl (C=O) groups excluding carboxylic acids is 2. The number of hydrogen-bond donors (Lipinski definition) is 1. The van der Waals surface area contributed by atoms with E-state index in [0.717, 1.165) is 5.56 Å². The fraction of sp³-hybridized carbons (Fsp3) is 0.529. The Morgan fingerprint density at radius 1 is 1.19 bits per heavy atom. The van der Waals surface area contributed by atoms with E-state index in [1.165, 1.54) is 11.1 Å². The lowest BCUT2D eigenvalue weighted by Gasteiger charge is -2.42. The quantitative estimate of drug-likeness (QED) is 0.907. The second-order valence-electron chi connectivity index (χ2n) is 6.93. The molecular formula is C17H24N2O2. The molecule has 1 fully saturated rings. The first-order valence-corrected chi connectivity index (χ1v) is 7.33. The molecule has 1 saturated heterocycles. The summed E-state index contributed by atoms with van der Waals surface area (Å²) in [5.41, 5.74) is 3.21. The second-order valence-corrected chi connectivity index (χ2v) is 6.93. The summed E-state index contributed by atoms with van der Waals surface area (Å²) in [5, 5.41) is 2.69. The lowest BCUT2D eigenvalue weighted by Crippen LogP contribution is -2.62. The Balaban J connectivity index is 2.31. The van der Waals surface area contributed by atoms with E-state index in [-0.39, 0.29) is 23.8 Å². The Morgan fingerprint density at radius 2 is 1.86 bits per heavy atom. The molecule has 1 heterocycles. The van der Waals surface area contributed by atoms with E-state index in [1.54, 1.807) is 4.90 Å². The highest BCUT2D eigenvalue weighted by Crippen LogP contribution is 2.28. The van der Waals surface area contributed by atoms with E-state index >= 15 is 0 Å². The molecule has 4 nitrogen and oxygen atoms in total. The van der Waals surface area contributed by atoms with E-state index in [9.17, 15) is 9.59 Å². The maximum Gasteiger partial charge on any atom is 0.243 e. The van der Waals surface area contributed by atoms with Gasteiger partial charge in [0.2, 0.25) is 11.8 Å². The van der Waals surface area contributed by atoms with Crippen molar-refractivity contribution in [2.45, 2.75) is 47.2 Å². The van der Waals surface area contributed by atoms with Crippen molar-refractivity contribution in [3.63, 3.8) is 0 Å². The average Bonchev–Trinajstić information content (AvgIpc) is 2.37. The summed E-state index contributed by atoms with van der Waals surface area (Å²) in [6, 6.07) is 5.75. The summed E-state index contributed by atoms with van der Waals surface area (Å²) in [4.78, 5) is 26.2. The topological polar surface area (TPSA) is 49.4 Å². The largest absolute Gasteiger partial charge is 0.345 e. The van der Waals surface area contributed by atoms with Crippen LogP contribution in [-0.4, -0.2) is 29.3 Å². The van der Waals surface area contributed by atoms with Gasteiger partial charge in [-0.3, -0.25) is 9.59 Å². The van der Waals surface area contributed by atoms with Crippen molar-refractivity contribution in [3.05, 3.63) is 34.9 Å². The van der Waals surface area contributed by atoms with Gasteiger partial charge in [0, 0.05) is 6.54 Å². The van der Waals surface area contributed by atoms with Gasteiger partial charge in [-0.25, -0.2) is 0 Å². The molecule has 114 valence electrons. The zero-order chi connectivity index (χ0) is 15.8. The Kier molecular flexibility index (Phi) is 4.08. The van der Waals surface area contributed by atoms with Crippen LogP contribution in [0, 0.1) is 19.3 Å². The van der Waals surface area contributed by atoms with Crippen LogP contribution in [-0.2, 0) is 16.1 Å². The molecule has 4 heteroatoms. The smallest absolute Gasteiger partial charge is 0.243 e. The van der Waals surface area contributed by atoms with Crippen LogP contribution < -0.4 is 5.32 Å². The molecule has 0 aromatic heterocycles.